The van der Waals surface area contributed by atoms with Crippen LogP contribution in [0.1, 0.15) is 24.8 Å². The quantitative estimate of drug-likeness (QED) is 0.786. The van der Waals surface area contributed by atoms with Crippen molar-refractivity contribution in [2.45, 2.75) is 25.8 Å². The molecule has 0 amide bonds. The van der Waals surface area contributed by atoms with Crippen molar-refractivity contribution in [3.63, 3.8) is 0 Å². The van der Waals surface area contributed by atoms with Gasteiger partial charge in [-0.2, -0.15) is 5.26 Å². The molecule has 0 aliphatic heterocycles. The molecule has 0 unspecified atom stereocenters. The van der Waals surface area contributed by atoms with Crippen molar-refractivity contribution in [1.29, 1.82) is 5.26 Å². The number of halogens is 1. The number of ether oxygens (including phenoxy) is 1. The van der Waals surface area contributed by atoms with Crippen molar-refractivity contribution >= 4 is 15.9 Å². The third-order valence-corrected chi connectivity index (χ3v) is 2.94. The van der Waals surface area contributed by atoms with Gasteiger partial charge in [-0.05, 0) is 53.5 Å². The molecule has 0 heterocycles. The van der Waals surface area contributed by atoms with E-state index in [9.17, 15) is 0 Å². The molecule has 1 N–H and O–H groups in total. The molecule has 1 aromatic rings. The summed E-state index contributed by atoms with van der Waals surface area (Å²) < 4.78 is 6.62. The Kier molecular flexibility index (Phi) is 6.68. The lowest BCUT2D eigenvalue weighted by atomic mass is 10.2. The zero-order chi connectivity index (χ0) is 12.5. The van der Waals surface area contributed by atoms with E-state index in [1.165, 1.54) is 5.56 Å². The van der Waals surface area contributed by atoms with Gasteiger partial charge in [-0.25, -0.2) is 0 Å². The first-order valence-electron chi connectivity index (χ1n) is 5.70. The second-order valence-electron chi connectivity index (χ2n) is 3.76. The van der Waals surface area contributed by atoms with Crippen molar-refractivity contribution in [2.24, 2.45) is 0 Å². The average Bonchev–Trinajstić information content (AvgIpc) is 2.32. The Bertz CT molecular complexity index is 387. The van der Waals surface area contributed by atoms with Gasteiger partial charge in [-0.1, -0.05) is 6.07 Å². The molecule has 1 rings (SSSR count). The van der Waals surface area contributed by atoms with Gasteiger partial charge in [0.15, 0.2) is 0 Å². The molecule has 0 aliphatic carbocycles. The van der Waals surface area contributed by atoms with E-state index in [4.69, 9.17) is 10.00 Å². The number of nitrogens with one attached hydrogen (secondary N) is 1. The van der Waals surface area contributed by atoms with Gasteiger partial charge >= 0.3 is 0 Å². The molecule has 0 bridgehead atoms. The maximum Gasteiger partial charge on any atom is 0.133 e. The fourth-order valence-corrected chi connectivity index (χ4v) is 2.00. The fourth-order valence-electron chi connectivity index (χ4n) is 1.46. The van der Waals surface area contributed by atoms with E-state index in [0.717, 1.165) is 29.6 Å². The maximum atomic E-state index is 8.40. The summed E-state index contributed by atoms with van der Waals surface area (Å²) in [5, 5.41) is 11.5. The lowest BCUT2D eigenvalue weighted by Gasteiger charge is -2.09. The number of rotatable bonds is 7. The average molecular weight is 297 g/mol. The molecule has 17 heavy (non-hydrogen) atoms. The molecule has 0 aromatic heterocycles. The van der Waals surface area contributed by atoms with Crippen molar-refractivity contribution in [1.82, 2.24) is 5.32 Å². The summed E-state index contributed by atoms with van der Waals surface area (Å²) in [6, 6.07) is 8.20. The Labute approximate surface area is 111 Å². The van der Waals surface area contributed by atoms with Crippen LogP contribution in [0.15, 0.2) is 22.7 Å². The Morgan fingerprint density at radius 3 is 2.88 bits per heavy atom. The first-order chi connectivity index (χ1) is 8.27. The SMILES string of the molecule is CNCc1ccc(OCCCCC#N)c(Br)c1. The molecular weight excluding hydrogens is 280 g/mol. The van der Waals surface area contributed by atoms with Crippen LogP contribution in [0, 0.1) is 11.3 Å². The number of hydrogen-bond donors (Lipinski definition) is 1. The molecule has 0 atom stereocenters. The number of hydrogen-bond acceptors (Lipinski definition) is 3. The van der Waals surface area contributed by atoms with Gasteiger partial charge in [0.25, 0.3) is 0 Å². The molecule has 0 fully saturated rings. The standard InChI is InChI=1S/C13H17BrN2O/c1-16-10-11-5-6-13(12(14)9-11)17-8-4-2-3-7-15/h5-6,9,16H,2-4,8,10H2,1H3. The van der Waals surface area contributed by atoms with Gasteiger partial charge in [0.2, 0.25) is 0 Å². The summed E-state index contributed by atoms with van der Waals surface area (Å²) in [7, 11) is 1.92. The van der Waals surface area contributed by atoms with Gasteiger partial charge < -0.3 is 10.1 Å². The van der Waals surface area contributed by atoms with E-state index < -0.39 is 0 Å². The molecule has 0 saturated carbocycles. The molecule has 0 spiro atoms. The summed E-state index contributed by atoms with van der Waals surface area (Å²) in [6.07, 6.45) is 2.41. The van der Waals surface area contributed by atoms with Crippen molar-refractivity contribution in [3.05, 3.63) is 28.2 Å². The first kappa shape index (κ1) is 14.0. The van der Waals surface area contributed by atoms with Crippen LogP contribution in [0.2, 0.25) is 0 Å². The lowest BCUT2D eigenvalue weighted by Crippen LogP contribution is -2.05. The minimum atomic E-state index is 0.603. The van der Waals surface area contributed by atoms with Crippen LogP contribution in [-0.4, -0.2) is 13.7 Å². The van der Waals surface area contributed by atoms with Crippen LogP contribution in [0.25, 0.3) is 0 Å². The minimum Gasteiger partial charge on any atom is -0.492 e. The molecular formula is C13H17BrN2O. The lowest BCUT2D eigenvalue weighted by molar-refractivity contribution is 0.305. The van der Waals surface area contributed by atoms with Gasteiger partial charge in [0.1, 0.15) is 5.75 Å². The van der Waals surface area contributed by atoms with E-state index in [2.05, 4.69) is 33.4 Å². The second kappa shape index (κ2) is 8.10. The zero-order valence-electron chi connectivity index (χ0n) is 10.0. The van der Waals surface area contributed by atoms with E-state index in [1.807, 2.05) is 19.2 Å². The normalized spacial score (nSPS) is 9.94. The Balaban J connectivity index is 2.41. The van der Waals surface area contributed by atoms with E-state index in [-0.39, 0.29) is 0 Å². The fraction of sp³-hybridized carbons (Fsp3) is 0.462. The van der Waals surface area contributed by atoms with Crippen LogP contribution in [-0.2, 0) is 6.54 Å². The predicted octanol–water partition coefficient (Wildman–Crippen LogP) is 3.24. The molecule has 0 radical (unpaired) electrons. The number of nitriles is 1. The van der Waals surface area contributed by atoms with E-state index >= 15 is 0 Å². The first-order valence-corrected chi connectivity index (χ1v) is 6.50. The van der Waals surface area contributed by atoms with Gasteiger partial charge in [0.05, 0.1) is 17.1 Å². The number of benzene rings is 1. The summed E-state index contributed by atoms with van der Waals surface area (Å²) >= 11 is 3.49. The van der Waals surface area contributed by atoms with Crippen LogP contribution in [0.5, 0.6) is 5.75 Å². The van der Waals surface area contributed by atoms with Crippen LogP contribution < -0.4 is 10.1 Å². The van der Waals surface area contributed by atoms with Gasteiger partial charge in [-0.15, -0.1) is 0 Å². The van der Waals surface area contributed by atoms with E-state index in [1.54, 1.807) is 0 Å². The molecule has 3 nitrogen and oxygen atoms in total. The summed E-state index contributed by atoms with van der Waals surface area (Å²) in [5.74, 6) is 0.863. The van der Waals surface area contributed by atoms with Gasteiger partial charge in [-0.3, -0.25) is 0 Å². The molecule has 1 aromatic carbocycles. The molecule has 0 aliphatic rings. The van der Waals surface area contributed by atoms with Crippen LogP contribution in [0.3, 0.4) is 0 Å². The smallest absolute Gasteiger partial charge is 0.133 e. The third-order valence-electron chi connectivity index (χ3n) is 2.32. The summed E-state index contributed by atoms with van der Waals surface area (Å²) in [6.45, 7) is 1.51. The van der Waals surface area contributed by atoms with Crippen LogP contribution >= 0.6 is 15.9 Å². The largest absolute Gasteiger partial charge is 0.492 e. The van der Waals surface area contributed by atoms with Crippen LogP contribution in [0.4, 0.5) is 0 Å². The third kappa shape index (κ3) is 5.20. The van der Waals surface area contributed by atoms with E-state index in [0.29, 0.717) is 13.0 Å². The highest BCUT2D eigenvalue weighted by Gasteiger charge is 2.02. The van der Waals surface area contributed by atoms with Crippen molar-refractivity contribution < 1.29 is 4.74 Å². The molecule has 4 heteroatoms. The highest BCUT2D eigenvalue weighted by atomic mass is 79.9. The number of nitrogens with zero attached hydrogens (tertiary/aromatic N) is 1. The minimum absolute atomic E-state index is 0.603. The second-order valence-corrected chi connectivity index (χ2v) is 4.61. The zero-order valence-corrected chi connectivity index (χ0v) is 11.6. The Morgan fingerprint density at radius 2 is 2.24 bits per heavy atom. The topological polar surface area (TPSA) is 45.0 Å². The Morgan fingerprint density at radius 1 is 1.41 bits per heavy atom. The van der Waals surface area contributed by atoms with Crippen molar-refractivity contribution in [2.75, 3.05) is 13.7 Å². The maximum absolute atomic E-state index is 8.40. The summed E-state index contributed by atoms with van der Waals surface area (Å²) in [4.78, 5) is 0. The monoisotopic (exact) mass is 296 g/mol. The Hall–Kier alpha value is -1.05. The molecule has 92 valence electrons. The van der Waals surface area contributed by atoms with Gasteiger partial charge in [0, 0.05) is 13.0 Å². The predicted molar refractivity (Wildman–Crippen MR) is 71.9 cm³/mol. The highest BCUT2D eigenvalue weighted by molar-refractivity contribution is 9.10. The molecule has 0 saturated heterocycles. The highest BCUT2D eigenvalue weighted by Crippen LogP contribution is 2.26. The van der Waals surface area contributed by atoms with Crippen molar-refractivity contribution in [3.8, 4) is 11.8 Å². The summed E-state index contributed by atoms with van der Waals surface area (Å²) in [5.41, 5.74) is 1.22. The number of unbranched alkanes of at least 4 members (excludes halogenated alkanes) is 2.